The van der Waals surface area contributed by atoms with Crippen molar-refractivity contribution in [3.63, 3.8) is 0 Å². The summed E-state index contributed by atoms with van der Waals surface area (Å²) in [6, 6.07) is 3.49. The monoisotopic (exact) mass is 190 g/mol. The Morgan fingerprint density at radius 2 is 2.21 bits per heavy atom. The van der Waals surface area contributed by atoms with E-state index in [-0.39, 0.29) is 5.82 Å². The summed E-state index contributed by atoms with van der Waals surface area (Å²) in [5.41, 5.74) is 4.09. The lowest BCUT2D eigenvalue weighted by atomic mass is 9.93. The van der Waals surface area contributed by atoms with E-state index in [9.17, 15) is 4.39 Å². The van der Waals surface area contributed by atoms with Crippen LogP contribution in [0, 0.1) is 5.82 Å². The van der Waals surface area contributed by atoms with Crippen LogP contribution in [0.1, 0.15) is 42.9 Å². The summed E-state index contributed by atoms with van der Waals surface area (Å²) < 4.78 is 13.6. The summed E-state index contributed by atoms with van der Waals surface area (Å²) in [6.45, 7) is 7.90. The van der Waals surface area contributed by atoms with E-state index in [4.69, 9.17) is 0 Å². The second-order valence-corrected chi connectivity index (χ2v) is 4.22. The van der Waals surface area contributed by atoms with Crippen LogP contribution >= 0.6 is 0 Å². The van der Waals surface area contributed by atoms with Gasteiger partial charge >= 0.3 is 0 Å². The molecule has 0 spiro atoms. The maximum Gasteiger partial charge on any atom is 0.130 e. The molecule has 1 unspecified atom stereocenters. The van der Waals surface area contributed by atoms with Crippen LogP contribution in [0.3, 0.4) is 0 Å². The largest absolute Gasteiger partial charge is 0.206 e. The zero-order chi connectivity index (χ0) is 10.3. The van der Waals surface area contributed by atoms with E-state index < -0.39 is 0 Å². The average Bonchev–Trinajstić information content (AvgIpc) is 2.47. The topological polar surface area (TPSA) is 0 Å². The van der Waals surface area contributed by atoms with Crippen molar-refractivity contribution in [2.24, 2.45) is 0 Å². The van der Waals surface area contributed by atoms with Crippen LogP contribution in [-0.2, 0) is 6.42 Å². The Balaban J connectivity index is 2.68. The third kappa shape index (κ3) is 1.28. The van der Waals surface area contributed by atoms with E-state index in [0.717, 1.165) is 24.0 Å². The molecule has 2 rings (SSSR count). The molecule has 0 amide bonds. The van der Waals surface area contributed by atoms with E-state index in [2.05, 4.69) is 13.5 Å². The third-order valence-electron chi connectivity index (χ3n) is 3.05. The van der Waals surface area contributed by atoms with Crippen molar-refractivity contribution in [1.82, 2.24) is 0 Å². The first-order valence-corrected chi connectivity index (χ1v) is 5.08. The minimum absolute atomic E-state index is 0.120. The molecule has 74 valence electrons. The van der Waals surface area contributed by atoms with Crippen LogP contribution in [0.15, 0.2) is 18.7 Å². The SMILES string of the molecule is C=C(C)c1c(F)ccc2c1C(C)CC2. The summed E-state index contributed by atoms with van der Waals surface area (Å²) in [7, 11) is 0. The Labute approximate surface area is 84.5 Å². The standard InChI is InChI=1S/C13H15F/c1-8(2)12-11(14)7-6-10-5-4-9(3)13(10)12/h6-7,9H,1,4-5H2,2-3H3. The van der Waals surface area contributed by atoms with E-state index >= 15 is 0 Å². The van der Waals surface area contributed by atoms with Gasteiger partial charge in [0.2, 0.25) is 0 Å². The number of hydrogen-bond donors (Lipinski definition) is 0. The highest BCUT2D eigenvalue weighted by atomic mass is 19.1. The van der Waals surface area contributed by atoms with Crippen LogP contribution in [0.25, 0.3) is 5.57 Å². The van der Waals surface area contributed by atoms with Gasteiger partial charge in [-0.15, -0.1) is 0 Å². The van der Waals surface area contributed by atoms with Gasteiger partial charge in [-0.25, -0.2) is 4.39 Å². The highest BCUT2D eigenvalue weighted by Gasteiger charge is 2.24. The maximum atomic E-state index is 13.6. The molecular weight excluding hydrogens is 175 g/mol. The Morgan fingerprint density at radius 3 is 2.86 bits per heavy atom. The fraction of sp³-hybridized carbons (Fsp3) is 0.385. The van der Waals surface area contributed by atoms with E-state index in [1.807, 2.05) is 13.0 Å². The number of fused-ring (bicyclic) bond motifs is 1. The number of hydrogen-bond acceptors (Lipinski definition) is 0. The molecule has 0 aliphatic heterocycles. The van der Waals surface area contributed by atoms with Gasteiger partial charge in [0.1, 0.15) is 5.82 Å². The molecule has 0 saturated heterocycles. The molecule has 1 heteroatoms. The molecule has 0 bridgehead atoms. The minimum atomic E-state index is -0.120. The Hall–Kier alpha value is -1.11. The normalized spacial score (nSPS) is 19.5. The summed E-state index contributed by atoms with van der Waals surface area (Å²) in [4.78, 5) is 0. The van der Waals surface area contributed by atoms with Crippen LogP contribution in [0.2, 0.25) is 0 Å². The van der Waals surface area contributed by atoms with E-state index in [0.29, 0.717) is 5.92 Å². The van der Waals surface area contributed by atoms with Crippen molar-refractivity contribution in [1.29, 1.82) is 0 Å². The molecule has 1 atom stereocenters. The lowest BCUT2D eigenvalue weighted by Crippen LogP contribution is -1.97. The first-order chi connectivity index (χ1) is 6.61. The molecule has 0 saturated carbocycles. The van der Waals surface area contributed by atoms with Crippen LogP contribution in [0.4, 0.5) is 4.39 Å². The van der Waals surface area contributed by atoms with Crippen molar-refractivity contribution in [3.8, 4) is 0 Å². The van der Waals surface area contributed by atoms with E-state index in [1.54, 1.807) is 6.07 Å². The number of benzene rings is 1. The highest BCUT2D eigenvalue weighted by Crippen LogP contribution is 2.38. The Bertz CT molecular complexity index is 390. The summed E-state index contributed by atoms with van der Waals surface area (Å²) in [5.74, 6) is 0.359. The molecule has 0 nitrogen and oxygen atoms in total. The average molecular weight is 190 g/mol. The van der Waals surface area contributed by atoms with Crippen molar-refractivity contribution < 1.29 is 4.39 Å². The number of aryl methyl sites for hydroxylation is 1. The molecule has 14 heavy (non-hydrogen) atoms. The van der Waals surface area contributed by atoms with Crippen LogP contribution in [-0.4, -0.2) is 0 Å². The molecule has 0 fully saturated rings. The lowest BCUT2D eigenvalue weighted by Gasteiger charge is -2.13. The molecular formula is C13H15F. The predicted octanol–water partition coefficient (Wildman–Crippen LogP) is 3.91. The minimum Gasteiger partial charge on any atom is -0.206 e. The van der Waals surface area contributed by atoms with Crippen LogP contribution < -0.4 is 0 Å². The molecule has 1 aliphatic carbocycles. The fourth-order valence-electron chi connectivity index (χ4n) is 2.37. The molecule has 0 aromatic heterocycles. The van der Waals surface area contributed by atoms with Gasteiger partial charge in [-0.3, -0.25) is 0 Å². The summed E-state index contributed by atoms with van der Waals surface area (Å²) in [5, 5.41) is 0. The van der Waals surface area contributed by atoms with Gasteiger partial charge in [0, 0.05) is 5.56 Å². The van der Waals surface area contributed by atoms with E-state index in [1.165, 1.54) is 11.1 Å². The van der Waals surface area contributed by atoms with Crippen molar-refractivity contribution in [2.45, 2.75) is 32.6 Å². The van der Waals surface area contributed by atoms with Gasteiger partial charge in [-0.05, 0) is 48.4 Å². The maximum absolute atomic E-state index is 13.6. The second kappa shape index (κ2) is 3.23. The number of allylic oxidation sites excluding steroid dienone is 1. The molecule has 1 aliphatic rings. The molecule has 1 aromatic carbocycles. The van der Waals surface area contributed by atoms with Gasteiger partial charge in [0.15, 0.2) is 0 Å². The zero-order valence-corrected chi connectivity index (χ0v) is 8.73. The zero-order valence-electron chi connectivity index (χ0n) is 8.73. The first kappa shape index (κ1) is 9.45. The quantitative estimate of drug-likeness (QED) is 0.630. The van der Waals surface area contributed by atoms with Gasteiger partial charge < -0.3 is 0 Å². The first-order valence-electron chi connectivity index (χ1n) is 5.08. The predicted molar refractivity (Wildman–Crippen MR) is 57.8 cm³/mol. The lowest BCUT2D eigenvalue weighted by molar-refractivity contribution is 0.619. The van der Waals surface area contributed by atoms with Crippen molar-refractivity contribution in [2.75, 3.05) is 0 Å². The Morgan fingerprint density at radius 1 is 1.50 bits per heavy atom. The third-order valence-corrected chi connectivity index (χ3v) is 3.05. The van der Waals surface area contributed by atoms with Crippen molar-refractivity contribution >= 4 is 5.57 Å². The molecule has 0 N–H and O–H groups in total. The fourth-order valence-corrected chi connectivity index (χ4v) is 2.37. The van der Waals surface area contributed by atoms with Gasteiger partial charge in [-0.1, -0.05) is 19.6 Å². The summed E-state index contributed by atoms with van der Waals surface area (Å²) >= 11 is 0. The van der Waals surface area contributed by atoms with Gasteiger partial charge in [0.25, 0.3) is 0 Å². The number of rotatable bonds is 1. The van der Waals surface area contributed by atoms with Gasteiger partial charge in [-0.2, -0.15) is 0 Å². The smallest absolute Gasteiger partial charge is 0.130 e. The Kier molecular flexibility index (Phi) is 2.18. The molecule has 0 radical (unpaired) electrons. The van der Waals surface area contributed by atoms with Gasteiger partial charge in [0.05, 0.1) is 0 Å². The highest BCUT2D eigenvalue weighted by molar-refractivity contribution is 5.67. The van der Waals surface area contributed by atoms with Crippen molar-refractivity contribution in [3.05, 3.63) is 41.2 Å². The molecule has 0 heterocycles. The number of halogens is 1. The van der Waals surface area contributed by atoms with Crippen LogP contribution in [0.5, 0.6) is 0 Å². The second-order valence-electron chi connectivity index (χ2n) is 4.22. The summed E-state index contributed by atoms with van der Waals surface area (Å²) in [6.07, 6.45) is 2.22. The molecule has 1 aromatic rings.